The molecular weight excluding hydrogens is 443 g/mol. The molecular formula is C27H26F3NO3. The van der Waals surface area contributed by atoms with Crippen molar-refractivity contribution in [2.75, 3.05) is 0 Å². The van der Waals surface area contributed by atoms with Gasteiger partial charge < -0.3 is 9.84 Å². The molecule has 0 spiro atoms. The van der Waals surface area contributed by atoms with Crippen LogP contribution in [0.15, 0.2) is 42.2 Å². The van der Waals surface area contributed by atoms with Gasteiger partial charge in [0, 0.05) is 11.3 Å². The number of aliphatic hydroxyl groups excluding tert-OH is 1. The normalized spacial score (nSPS) is 23.7. The highest BCUT2D eigenvalue weighted by atomic mass is 19.4. The van der Waals surface area contributed by atoms with Crippen molar-refractivity contribution in [2.24, 2.45) is 16.7 Å². The fourth-order valence-electron chi connectivity index (χ4n) is 5.43. The Bertz CT molecular complexity index is 1250. The molecule has 4 rings (SSSR count). The van der Waals surface area contributed by atoms with Gasteiger partial charge in [0.05, 0.1) is 22.8 Å². The molecule has 1 fully saturated rings. The van der Waals surface area contributed by atoms with Crippen LogP contribution in [0.3, 0.4) is 0 Å². The lowest BCUT2D eigenvalue weighted by molar-refractivity contribution is -0.137. The lowest BCUT2D eigenvalue weighted by atomic mass is 9.58. The Balaban J connectivity index is 1.77. The Kier molecular flexibility index (Phi) is 5.55. The molecule has 0 amide bonds. The molecule has 1 N–H and O–H groups in total. The number of aryl methyl sites for hydroxylation is 1. The molecule has 34 heavy (non-hydrogen) atoms. The Morgan fingerprint density at radius 1 is 1.15 bits per heavy atom. The van der Waals surface area contributed by atoms with Gasteiger partial charge in [-0.15, -0.1) is 0 Å². The second kappa shape index (κ2) is 7.90. The number of rotatable bonds is 4. The zero-order chi connectivity index (χ0) is 25.1. The Morgan fingerprint density at radius 3 is 2.41 bits per heavy atom. The number of benzene rings is 2. The summed E-state index contributed by atoms with van der Waals surface area (Å²) in [5.74, 6) is 0.231. The van der Waals surface area contributed by atoms with Gasteiger partial charge >= 0.3 is 6.18 Å². The summed E-state index contributed by atoms with van der Waals surface area (Å²) in [6, 6.07) is 9.68. The highest BCUT2D eigenvalue weighted by molar-refractivity contribution is 6.25. The zero-order valence-corrected chi connectivity index (χ0v) is 19.5. The number of halogens is 3. The van der Waals surface area contributed by atoms with Gasteiger partial charge in [0.25, 0.3) is 0 Å². The number of ketones is 1. The number of hydrogen-bond acceptors (Lipinski definition) is 4. The summed E-state index contributed by atoms with van der Waals surface area (Å²) in [7, 11) is 0. The lowest BCUT2D eigenvalue weighted by Crippen LogP contribution is -2.45. The number of ether oxygens (including phenoxy) is 1. The first kappa shape index (κ1) is 23.9. The van der Waals surface area contributed by atoms with E-state index >= 15 is 0 Å². The van der Waals surface area contributed by atoms with Gasteiger partial charge in [0.15, 0.2) is 5.78 Å². The summed E-state index contributed by atoms with van der Waals surface area (Å²) in [5, 5.41) is 20.3. The van der Waals surface area contributed by atoms with Crippen molar-refractivity contribution in [1.29, 1.82) is 5.26 Å². The molecule has 2 atom stereocenters. The summed E-state index contributed by atoms with van der Waals surface area (Å²) >= 11 is 0. The summed E-state index contributed by atoms with van der Waals surface area (Å²) in [6.45, 7) is 7.94. The Labute approximate surface area is 196 Å². The topological polar surface area (TPSA) is 70.3 Å². The molecule has 2 aromatic carbocycles. The van der Waals surface area contributed by atoms with E-state index in [0.717, 1.165) is 30.2 Å². The fraction of sp³-hybridized carbons (Fsp3) is 0.407. The molecule has 178 valence electrons. The molecule has 0 radical (unpaired) electrons. The van der Waals surface area contributed by atoms with Crippen LogP contribution in [0.1, 0.15) is 62.8 Å². The van der Waals surface area contributed by atoms with Crippen LogP contribution in [0, 0.1) is 28.1 Å². The van der Waals surface area contributed by atoms with Crippen LogP contribution < -0.4 is 4.74 Å². The van der Waals surface area contributed by atoms with Crippen molar-refractivity contribution in [2.45, 2.75) is 53.1 Å². The number of fused-ring (bicyclic) bond motifs is 2. The van der Waals surface area contributed by atoms with Gasteiger partial charge in [0.2, 0.25) is 0 Å². The first-order chi connectivity index (χ1) is 15.8. The van der Waals surface area contributed by atoms with Crippen molar-refractivity contribution < 1.29 is 27.8 Å². The van der Waals surface area contributed by atoms with E-state index in [0.29, 0.717) is 29.7 Å². The molecule has 7 heteroatoms. The number of hydrogen-bond donors (Lipinski definition) is 1. The molecule has 0 saturated heterocycles. The largest absolute Gasteiger partial charge is 0.511 e. The highest BCUT2D eigenvalue weighted by Gasteiger charge is 2.61. The van der Waals surface area contributed by atoms with Gasteiger partial charge in [-0.1, -0.05) is 33.8 Å². The van der Waals surface area contributed by atoms with Gasteiger partial charge in [0.1, 0.15) is 17.3 Å². The molecule has 2 aromatic rings. The van der Waals surface area contributed by atoms with Crippen LogP contribution in [0.25, 0.3) is 5.57 Å². The third-order valence-electron chi connectivity index (χ3n) is 7.92. The van der Waals surface area contributed by atoms with Crippen LogP contribution in [-0.4, -0.2) is 10.9 Å². The predicted molar refractivity (Wildman–Crippen MR) is 121 cm³/mol. The van der Waals surface area contributed by atoms with Gasteiger partial charge in [-0.2, -0.15) is 18.4 Å². The minimum absolute atomic E-state index is 0.0704. The molecule has 2 aliphatic carbocycles. The molecule has 2 aliphatic rings. The van der Waals surface area contributed by atoms with E-state index in [4.69, 9.17) is 10.00 Å². The average molecular weight is 470 g/mol. The van der Waals surface area contributed by atoms with Crippen molar-refractivity contribution in [3.8, 4) is 17.6 Å². The number of carbonyl (C=O) groups is 1. The minimum atomic E-state index is -4.64. The number of aliphatic hydroxyl groups is 1. The van der Waals surface area contributed by atoms with E-state index in [2.05, 4.69) is 0 Å². The van der Waals surface area contributed by atoms with E-state index in [9.17, 15) is 23.1 Å². The smallest absolute Gasteiger partial charge is 0.417 e. The lowest BCUT2D eigenvalue weighted by Gasteiger charge is -2.45. The summed E-state index contributed by atoms with van der Waals surface area (Å²) < 4.78 is 45.1. The van der Waals surface area contributed by atoms with E-state index in [1.54, 1.807) is 24.3 Å². The number of carbonyl (C=O) groups excluding carboxylic acids is 1. The molecule has 2 bridgehead atoms. The van der Waals surface area contributed by atoms with Crippen LogP contribution >= 0.6 is 0 Å². The molecule has 0 unspecified atom stereocenters. The SMILES string of the molecule is CCc1ccc(Oc2ccc(C(F)(F)F)c(C#N)c2)cc1C1=C(O)[C@@H]2CC[C@](C)(C1=O)C2(C)C. The molecule has 0 heterocycles. The Morgan fingerprint density at radius 2 is 1.79 bits per heavy atom. The summed E-state index contributed by atoms with van der Waals surface area (Å²) in [4.78, 5) is 13.7. The average Bonchev–Trinajstić information content (AvgIpc) is 2.96. The number of allylic oxidation sites excluding steroid dienone is 2. The van der Waals surface area contributed by atoms with Crippen LogP contribution in [0.4, 0.5) is 13.2 Å². The summed E-state index contributed by atoms with van der Waals surface area (Å²) in [6.07, 6.45) is -2.61. The van der Waals surface area contributed by atoms with Crippen molar-refractivity contribution in [3.05, 3.63) is 64.4 Å². The van der Waals surface area contributed by atoms with E-state index in [-0.39, 0.29) is 28.6 Å². The zero-order valence-electron chi connectivity index (χ0n) is 19.5. The van der Waals surface area contributed by atoms with Crippen molar-refractivity contribution >= 4 is 11.4 Å². The number of Topliss-reactive ketones (excluding diaryl/α,β-unsaturated/α-hetero) is 1. The second-order valence-electron chi connectivity index (χ2n) is 9.83. The molecule has 1 saturated carbocycles. The number of alkyl halides is 3. The second-order valence-corrected chi connectivity index (χ2v) is 9.83. The molecule has 0 aromatic heterocycles. The highest BCUT2D eigenvalue weighted by Crippen LogP contribution is 2.63. The maximum Gasteiger partial charge on any atom is 0.417 e. The van der Waals surface area contributed by atoms with E-state index < -0.39 is 22.7 Å². The molecule has 0 aliphatic heterocycles. The van der Waals surface area contributed by atoms with Crippen LogP contribution in [0.2, 0.25) is 0 Å². The van der Waals surface area contributed by atoms with E-state index in [1.165, 1.54) is 0 Å². The first-order valence-corrected chi connectivity index (χ1v) is 11.3. The third kappa shape index (κ3) is 3.48. The maximum absolute atomic E-state index is 13.7. The minimum Gasteiger partial charge on any atom is -0.511 e. The number of nitrogens with zero attached hydrogens (tertiary/aromatic N) is 1. The van der Waals surface area contributed by atoms with E-state index in [1.807, 2.05) is 27.7 Å². The Hall–Kier alpha value is -3.27. The summed E-state index contributed by atoms with van der Waals surface area (Å²) in [5.41, 5.74) is -0.804. The standard InChI is InChI=1S/C27H26F3NO3/c1-5-15-6-7-18(34-17-8-9-20(27(28,29)30)16(12-17)14-31)13-19(15)22-23(32)21-10-11-26(4,24(22)33)25(21,2)3/h6-9,12-13,21,32H,5,10-11H2,1-4H3/t21-,26+/m0/s1. The quantitative estimate of drug-likeness (QED) is 0.513. The van der Waals surface area contributed by atoms with Gasteiger partial charge in [-0.05, 0) is 66.1 Å². The number of nitriles is 1. The maximum atomic E-state index is 13.7. The molecule has 4 nitrogen and oxygen atoms in total. The van der Waals surface area contributed by atoms with Crippen molar-refractivity contribution in [3.63, 3.8) is 0 Å². The van der Waals surface area contributed by atoms with Crippen molar-refractivity contribution in [1.82, 2.24) is 0 Å². The predicted octanol–water partition coefficient (Wildman–Crippen LogP) is 7.23. The fourth-order valence-corrected chi connectivity index (χ4v) is 5.43. The first-order valence-electron chi connectivity index (χ1n) is 11.3. The van der Waals surface area contributed by atoms with Gasteiger partial charge in [-0.3, -0.25) is 4.79 Å². The van der Waals surface area contributed by atoms with Gasteiger partial charge in [-0.25, -0.2) is 0 Å². The van der Waals surface area contributed by atoms with Crippen LogP contribution in [0.5, 0.6) is 11.5 Å². The third-order valence-corrected chi connectivity index (χ3v) is 7.92. The van der Waals surface area contributed by atoms with Crippen LogP contribution in [-0.2, 0) is 17.4 Å². The monoisotopic (exact) mass is 469 g/mol.